The van der Waals surface area contributed by atoms with Crippen molar-refractivity contribution >= 4 is 36.4 Å². The van der Waals surface area contributed by atoms with Gasteiger partial charge in [0, 0.05) is 38.4 Å². The molecule has 2 aliphatic heterocycles. The Morgan fingerprint density at radius 2 is 1.58 bits per heavy atom. The van der Waals surface area contributed by atoms with Gasteiger partial charge in [-0.2, -0.15) is 13.2 Å². The Bertz CT molecular complexity index is 548. The average Bonchev–Trinajstić information content (AvgIpc) is 2.89. The van der Waals surface area contributed by atoms with Crippen LogP contribution in [0.3, 0.4) is 0 Å². The number of amides is 1. The van der Waals surface area contributed by atoms with Crippen molar-refractivity contribution in [2.24, 2.45) is 0 Å². The number of hydrogen-bond acceptors (Lipinski definition) is 3. The van der Waals surface area contributed by atoms with Gasteiger partial charge in [-0.05, 0) is 30.7 Å². The van der Waals surface area contributed by atoms with Crippen LogP contribution in [0.1, 0.15) is 12.0 Å². The highest BCUT2D eigenvalue weighted by Crippen LogP contribution is 2.31. The first-order valence-corrected chi connectivity index (χ1v) is 7.40. The molecule has 24 heavy (non-hydrogen) atoms. The first kappa shape index (κ1) is 21.0. The maximum atomic E-state index is 12.6. The zero-order valence-electron chi connectivity index (χ0n) is 12.9. The molecule has 2 saturated heterocycles. The Kier molecular flexibility index (Phi) is 7.34. The fourth-order valence-electron chi connectivity index (χ4n) is 3.08. The fraction of sp³-hybridized carbons (Fsp3) is 0.533. The summed E-state index contributed by atoms with van der Waals surface area (Å²) in [6, 6.07) is 4.66. The number of carbonyl (C=O) groups excluding carboxylic acids is 1. The SMILES string of the molecule is Cl.Cl.O=C1C(N2CCNCC2)CCN1c1ccc(C(F)(F)F)cc1. The lowest BCUT2D eigenvalue weighted by molar-refractivity contribution is -0.137. The van der Waals surface area contributed by atoms with Crippen LogP contribution >= 0.6 is 24.8 Å². The van der Waals surface area contributed by atoms with Crippen LogP contribution in [0.25, 0.3) is 0 Å². The van der Waals surface area contributed by atoms with Gasteiger partial charge in [-0.3, -0.25) is 9.69 Å². The summed E-state index contributed by atoms with van der Waals surface area (Å²) in [4.78, 5) is 16.3. The molecule has 136 valence electrons. The molecule has 0 aromatic heterocycles. The zero-order valence-corrected chi connectivity index (χ0v) is 14.5. The molecule has 3 rings (SSSR count). The maximum absolute atomic E-state index is 12.6. The van der Waals surface area contributed by atoms with E-state index >= 15 is 0 Å². The summed E-state index contributed by atoms with van der Waals surface area (Å²) >= 11 is 0. The first-order chi connectivity index (χ1) is 10.5. The molecule has 2 heterocycles. The van der Waals surface area contributed by atoms with E-state index in [9.17, 15) is 18.0 Å². The van der Waals surface area contributed by atoms with Gasteiger partial charge in [0.1, 0.15) is 0 Å². The number of nitrogens with one attached hydrogen (secondary N) is 1. The van der Waals surface area contributed by atoms with Crippen molar-refractivity contribution in [1.29, 1.82) is 0 Å². The Morgan fingerprint density at radius 1 is 1.00 bits per heavy atom. The lowest BCUT2D eigenvalue weighted by atomic mass is 10.2. The molecule has 1 aromatic rings. The minimum absolute atomic E-state index is 0. The molecule has 2 fully saturated rings. The Morgan fingerprint density at radius 3 is 2.12 bits per heavy atom. The topological polar surface area (TPSA) is 35.6 Å². The Hall–Kier alpha value is -1.02. The summed E-state index contributed by atoms with van der Waals surface area (Å²) in [5.41, 5.74) is -0.155. The third kappa shape index (κ3) is 4.33. The van der Waals surface area contributed by atoms with E-state index < -0.39 is 11.7 Å². The summed E-state index contributed by atoms with van der Waals surface area (Å²) in [6.45, 7) is 3.95. The quantitative estimate of drug-likeness (QED) is 0.849. The molecule has 1 amide bonds. The number of halogens is 5. The van der Waals surface area contributed by atoms with Gasteiger partial charge in [0.2, 0.25) is 5.91 Å². The van der Waals surface area contributed by atoms with Crippen molar-refractivity contribution in [2.75, 3.05) is 37.6 Å². The molecule has 0 radical (unpaired) electrons. The molecular formula is C15H20Cl2F3N3O. The van der Waals surface area contributed by atoms with Crippen molar-refractivity contribution in [3.63, 3.8) is 0 Å². The molecule has 9 heteroatoms. The van der Waals surface area contributed by atoms with Gasteiger partial charge < -0.3 is 10.2 Å². The van der Waals surface area contributed by atoms with Gasteiger partial charge in [-0.1, -0.05) is 0 Å². The van der Waals surface area contributed by atoms with Crippen molar-refractivity contribution in [3.8, 4) is 0 Å². The van der Waals surface area contributed by atoms with Gasteiger partial charge in [-0.25, -0.2) is 0 Å². The standard InChI is InChI=1S/C15H18F3N3O.2ClH/c16-15(17,18)11-1-3-12(4-2-11)21-8-5-13(14(21)22)20-9-6-19-7-10-20;;/h1-4,13,19H,5-10H2;2*1H. The molecule has 0 bridgehead atoms. The second-order valence-corrected chi connectivity index (χ2v) is 5.62. The normalized spacial score (nSPS) is 22.0. The molecule has 2 aliphatic rings. The lowest BCUT2D eigenvalue weighted by Gasteiger charge is -2.31. The minimum atomic E-state index is -4.35. The third-order valence-corrected chi connectivity index (χ3v) is 4.28. The van der Waals surface area contributed by atoms with E-state index in [0.29, 0.717) is 12.2 Å². The molecule has 0 saturated carbocycles. The van der Waals surface area contributed by atoms with E-state index in [0.717, 1.165) is 44.7 Å². The van der Waals surface area contributed by atoms with E-state index in [1.54, 1.807) is 4.90 Å². The summed E-state index contributed by atoms with van der Waals surface area (Å²) in [5.74, 6) is -0.0124. The van der Waals surface area contributed by atoms with Crippen LogP contribution in [0.4, 0.5) is 18.9 Å². The fourth-order valence-corrected chi connectivity index (χ4v) is 3.08. The number of piperazine rings is 1. The second kappa shape index (κ2) is 8.38. The molecule has 1 unspecified atom stereocenters. The first-order valence-electron chi connectivity index (χ1n) is 7.40. The second-order valence-electron chi connectivity index (χ2n) is 5.62. The van der Waals surface area contributed by atoms with Gasteiger partial charge in [0.15, 0.2) is 0 Å². The largest absolute Gasteiger partial charge is 0.416 e. The van der Waals surface area contributed by atoms with Gasteiger partial charge in [-0.15, -0.1) is 24.8 Å². The van der Waals surface area contributed by atoms with Crippen LogP contribution < -0.4 is 10.2 Å². The summed E-state index contributed by atoms with van der Waals surface area (Å²) < 4.78 is 37.8. The highest BCUT2D eigenvalue weighted by Gasteiger charge is 2.37. The van der Waals surface area contributed by atoms with E-state index in [1.165, 1.54) is 12.1 Å². The van der Waals surface area contributed by atoms with E-state index in [4.69, 9.17) is 0 Å². The van der Waals surface area contributed by atoms with Crippen LogP contribution in [0.15, 0.2) is 24.3 Å². The Labute approximate surface area is 151 Å². The molecule has 1 atom stereocenters. The number of carbonyl (C=O) groups is 1. The van der Waals surface area contributed by atoms with Crippen LogP contribution in [0.5, 0.6) is 0 Å². The van der Waals surface area contributed by atoms with Gasteiger partial charge in [0.25, 0.3) is 0 Å². The predicted molar refractivity (Wildman–Crippen MR) is 91.1 cm³/mol. The summed E-state index contributed by atoms with van der Waals surface area (Å²) in [7, 11) is 0. The summed E-state index contributed by atoms with van der Waals surface area (Å²) in [6.07, 6.45) is -3.63. The van der Waals surface area contributed by atoms with Gasteiger partial charge in [0.05, 0.1) is 11.6 Å². The van der Waals surface area contributed by atoms with Crippen LogP contribution in [-0.4, -0.2) is 49.6 Å². The number of alkyl halides is 3. The van der Waals surface area contributed by atoms with Crippen LogP contribution in [0, 0.1) is 0 Å². The monoisotopic (exact) mass is 385 g/mol. The maximum Gasteiger partial charge on any atom is 0.416 e. The van der Waals surface area contributed by atoms with E-state index in [-0.39, 0.29) is 36.8 Å². The number of nitrogens with zero attached hydrogens (tertiary/aromatic N) is 2. The molecule has 0 aliphatic carbocycles. The molecule has 0 spiro atoms. The van der Waals surface area contributed by atoms with Crippen molar-refractivity contribution in [3.05, 3.63) is 29.8 Å². The number of rotatable bonds is 2. The van der Waals surface area contributed by atoms with Crippen LogP contribution in [0.2, 0.25) is 0 Å². The van der Waals surface area contributed by atoms with Gasteiger partial charge >= 0.3 is 6.18 Å². The molecule has 1 aromatic carbocycles. The van der Waals surface area contributed by atoms with E-state index in [2.05, 4.69) is 10.2 Å². The highest BCUT2D eigenvalue weighted by molar-refractivity contribution is 5.99. The van der Waals surface area contributed by atoms with Crippen molar-refractivity contribution in [2.45, 2.75) is 18.6 Å². The van der Waals surface area contributed by atoms with E-state index in [1.807, 2.05) is 0 Å². The number of anilines is 1. The smallest absolute Gasteiger partial charge is 0.314 e. The Balaban J connectivity index is 0.00000144. The number of benzene rings is 1. The van der Waals surface area contributed by atoms with Crippen molar-refractivity contribution in [1.82, 2.24) is 10.2 Å². The highest BCUT2D eigenvalue weighted by atomic mass is 35.5. The molecular weight excluding hydrogens is 366 g/mol. The molecule has 4 nitrogen and oxygen atoms in total. The average molecular weight is 386 g/mol. The lowest BCUT2D eigenvalue weighted by Crippen LogP contribution is -2.51. The molecule has 1 N–H and O–H groups in total. The minimum Gasteiger partial charge on any atom is -0.314 e. The summed E-state index contributed by atoms with van der Waals surface area (Å²) in [5, 5.41) is 3.24. The van der Waals surface area contributed by atoms with Crippen molar-refractivity contribution < 1.29 is 18.0 Å². The number of hydrogen-bond donors (Lipinski definition) is 1. The zero-order chi connectivity index (χ0) is 15.7. The third-order valence-electron chi connectivity index (χ3n) is 4.28. The predicted octanol–water partition coefficient (Wildman–Crippen LogP) is 2.56. The van der Waals surface area contributed by atoms with Crippen LogP contribution in [-0.2, 0) is 11.0 Å².